The van der Waals surface area contributed by atoms with Crippen molar-refractivity contribution < 1.29 is 13.2 Å². The van der Waals surface area contributed by atoms with Crippen molar-refractivity contribution in [3.8, 4) is 0 Å². The van der Waals surface area contributed by atoms with E-state index in [0.717, 1.165) is 38.9 Å². The maximum absolute atomic E-state index is 13.1. The summed E-state index contributed by atoms with van der Waals surface area (Å²) < 4.78 is 27.8. The molecule has 3 rings (SSSR count). The summed E-state index contributed by atoms with van der Waals surface area (Å²) in [4.78, 5) is 14.9. The summed E-state index contributed by atoms with van der Waals surface area (Å²) in [5.74, 6) is 0.575. The molecule has 0 aromatic rings. The lowest BCUT2D eigenvalue weighted by Crippen LogP contribution is -2.47. The Bertz CT molecular complexity index is 587. The van der Waals surface area contributed by atoms with Crippen LogP contribution in [0.1, 0.15) is 46.5 Å². The monoisotopic (exact) mass is 342 g/mol. The number of hydrogen-bond acceptors (Lipinski definition) is 4. The molecule has 2 bridgehead atoms. The number of likely N-dealkylation sites (N-methyl/N-ethyl adjacent to an activating group) is 1. The summed E-state index contributed by atoms with van der Waals surface area (Å²) in [6.45, 7) is 10.2. The fourth-order valence-corrected chi connectivity index (χ4v) is 7.30. The van der Waals surface area contributed by atoms with E-state index in [-0.39, 0.29) is 17.0 Å². The van der Waals surface area contributed by atoms with Crippen molar-refractivity contribution in [2.45, 2.75) is 46.5 Å². The minimum Gasteiger partial charge on any atom is -0.302 e. The summed E-state index contributed by atoms with van der Waals surface area (Å²) >= 11 is 0. The molecule has 2 unspecified atom stereocenters. The first-order valence-corrected chi connectivity index (χ1v) is 10.6. The molecule has 1 heterocycles. The Balaban J connectivity index is 1.80. The molecule has 2 aliphatic carbocycles. The van der Waals surface area contributed by atoms with Crippen molar-refractivity contribution in [1.29, 1.82) is 0 Å². The minimum absolute atomic E-state index is 0.0223. The van der Waals surface area contributed by atoms with Gasteiger partial charge in [-0.2, -0.15) is 0 Å². The van der Waals surface area contributed by atoms with Gasteiger partial charge < -0.3 is 4.90 Å². The van der Waals surface area contributed by atoms with Gasteiger partial charge in [0.25, 0.3) is 0 Å². The molecule has 23 heavy (non-hydrogen) atoms. The first kappa shape index (κ1) is 17.4. The van der Waals surface area contributed by atoms with Gasteiger partial charge in [-0.05, 0) is 43.7 Å². The molecular formula is C17H30N2O3S. The third-order valence-corrected chi connectivity index (χ3v) is 8.97. The topological polar surface area (TPSA) is 57.7 Å². The Morgan fingerprint density at radius 3 is 2.48 bits per heavy atom. The Kier molecular flexibility index (Phi) is 4.39. The van der Waals surface area contributed by atoms with Crippen molar-refractivity contribution >= 4 is 15.8 Å². The van der Waals surface area contributed by atoms with Gasteiger partial charge in [-0.3, -0.25) is 4.79 Å². The van der Waals surface area contributed by atoms with Gasteiger partial charge in [0.15, 0.2) is 0 Å². The van der Waals surface area contributed by atoms with Gasteiger partial charge in [-0.15, -0.1) is 0 Å². The SMILES string of the molecule is CCN1CCCN(S(=O)(=O)CC23CCC(CC2=O)C3(C)C)CC1. The summed E-state index contributed by atoms with van der Waals surface area (Å²) in [5.41, 5.74) is -0.828. The molecule has 132 valence electrons. The molecule has 2 atom stereocenters. The fraction of sp³-hybridized carbons (Fsp3) is 0.941. The molecule has 3 aliphatic rings. The van der Waals surface area contributed by atoms with Gasteiger partial charge in [0.05, 0.1) is 5.75 Å². The predicted octanol–water partition coefficient (Wildman–Crippen LogP) is 1.74. The lowest BCUT2D eigenvalue weighted by atomic mass is 9.70. The van der Waals surface area contributed by atoms with Gasteiger partial charge in [-0.1, -0.05) is 20.8 Å². The van der Waals surface area contributed by atoms with E-state index in [1.165, 1.54) is 0 Å². The summed E-state index contributed by atoms with van der Waals surface area (Å²) in [7, 11) is -3.38. The molecule has 0 spiro atoms. The van der Waals surface area contributed by atoms with Crippen molar-refractivity contribution in [2.24, 2.45) is 16.7 Å². The van der Waals surface area contributed by atoms with Gasteiger partial charge in [0, 0.05) is 31.5 Å². The highest BCUT2D eigenvalue weighted by molar-refractivity contribution is 7.89. The Morgan fingerprint density at radius 2 is 1.91 bits per heavy atom. The fourth-order valence-electron chi connectivity index (χ4n) is 5.05. The second-order valence-corrected chi connectivity index (χ2v) is 10.1. The number of carbonyl (C=O) groups excluding carboxylic acids is 1. The zero-order valence-electron chi connectivity index (χ0n) is 14.7. The highest BCUT2D eigenvalue weighted by Gasteiger charge is 2.65. The Labute approximate surface area is 140 Å². The van der Waals surface area contributed by atoms with Crippen molar-refractivity contribution in [1.82, 2.24) is 9.21 Å². The molecule has 0 aromatic carbocycles. The standard InChI is InChI=1S/C17H30N2O3S/c1-4-18-8-5-9-19(11-10-18)23(21,22)13-17-7-6-14(12-15(17)20)16(17,2)3/h14H,4-13H2,1-3H3. The van der Waals surface area contributed by atoms with Crippen LogP contribution < -0.4 is 0 Å². The zero-order valence-corrected chi connectivity index (χ0v) is 15.5. The summed E-state index contributed by atoms with van der Waals surface area (Å²) in [6, 6.07) is 0. The lowest BCUT2D eigenvalue weighted by Gasteiger charge is -2.37. The van der Waals surface area contributed by atoms with E-state index in [0.29, 0.717) is 25.4 Å². The number of rotatable bonds is 4. The third kappa shape index (κ3) is 2.67. The van der Waals surface area contributed by atoms with Crippen LogP contribution in [-0.2, 0) is 14.8 Å². The lowest BCUT2D eigenvalue weighted by molar-refractivity contribution is -0.128. The number of hydrogen-bond donors (Lipinski definition) is 0. The van der Waals surface area contributed by atoms with Crippen LogP contribution in [0.3, 0.4) is 0 Å². The van der Waals surface area contributed by atoms with Crippen LogP contribution in [0.4, 0.5) is 0 Å². The smallest absolute Gasteiger partial charge is 0.215 e. The third-order valence-electron chi connectivity index (χ3n) is 6.96. The second-order valence-electron chi connectivity index (χ2n) is 8.11. The molecule has 0 N–H and O–H groups in total. The highest BCUT2D eigenvalue weighted by atomic mass is 32.2. The molecule has 2 saturated carbocycles. The van der Waals surface area contributed by atoms with E-state index < -0.39 is 15.4 Å². The van der Waals surface area contributed by atoms with Crippen LogP contribution in [0.25, 0.3) is 0 Å². The zero-order chi connectivity index (χ0) is 16.9. The highest BCUT2D eigenvalue weighted by Crippen LogP contribution is 2.64. The number of fused-ring (bicyclic) bond motifs is 2. The van der Waals surface area contributed by atoms with E-state index in [1.807, 2.05) is 0 Å². The van der Waals surface area contributed by atoms with E-state index in [1.54, 1.807) is 4.31 Å². The molecule has 6 heteroatoms. The molecule has 0 radical (unpaired) electrons. The van der Waals surface area contributed by atoms with Gasteiger partial charge in [0.2, 0.25) is 10.0 Å². The number of carbonyl (C=O) groups is 1. The van der Waals surface area contributed by atoms with E-state index in [4.69, 9.17) is 0 Å². The van der Waals surface area contributed by atoms with Crippen LogP contribution in [-0.4, -0.2) is 61.9 Å². The van der Waals surface area contributed by atoms with Crippen molar-refractivity contribution in [3.63, 3.8) is 0 Å². The van der Waals surface area contributed by atoms with Crippen molar-refractivity contribution in [3.05, 3.63) is 0 Å². The first-order valence-electron chi connectivity index (χ1n) is 8.96. The minimum atomic E-state index is -3.38. The largest absolute Gasteiger partial charge is 0.302 e. The van der Waals surface area contributed by atoms with Crippen LogP contribution in [0, 0.1) is 16.7 Å². The normalized spacial score (nSPS) is 35.6. The van der Waals surface area contributed by atoms with Gasteiger partial charge >= 0.3 is 0 Å². The van der Waals surface area contributed by atoms with Crippen LogP contribution in [0.5, 0.6) is 0 Å². The molecule has 0 amide bonds. The molecule has 1 aliphatic heterocycles. The first-order chi connectivity index (χ1) is 10.7. The predicted molar refractivity (Wildman–Crippen MR) is 90.7 cm³/mol. The van der Waals surface area contributed by atoms with Gasteiger partial charge in [-0.25, -0.2) is 12.7 Å². The summed E-state index contributed by atoms with van der Waals surface area (Å²) in [5, 5.41) is 0. The number of Topliss-reactive ketones (excluding diaryl/α,β-unsaturated/α-hetero) is 1. The summed E-state index contributed by atoms with van der Waals surface area (Å²) in [6.07, 6.45) is 3.20. The number of ketones is 1. The van der Waals surface area contributed by atoms with E-state index >= 15 is 0 Å². The molecule has 5 nitrogen and oxygen atoms in total. The number of nitrogens with zero attached hydrogens (tertiary/aromatic N) is 2. The molecule has 1 saturated heterocycles. The quantitative estimate of drug-likeness (QED) is 0.781. The average Bonchev–Trinajstić information content (AvgIpc) is 2.75. The average molecular weight is 343 g/mol. The van der Waals surface area contributed by atoms with E-state index in [2.05, 4.69) is 25.7 Å². The van der Waals surface area contributed by atoms with Crippen LogP contribution in [0.15, 0.2) is 0 Å². The molecular weight excluding hydrogens is 312 g/mol. The maximum Gasteiger partial charge on any atom is 0.215 e. The van der Waals surface area contributed by atoms with Gasteiger partial charge in [0.1, 0.15) is 5.78 Å². The van der Waals surface area contributed by atoms with Crippen molar-refractivity contribution in [2.75, 3.05) is 38.5 Å². The Morgan fingerprint density at radius 1 is 1.17 bits per heavy atom. The number of sulfonamides is 1. The van der Waals surface area contributed by atoms with Crippen LogP contribution >= 0.6 is 0 Å². The molecule has 0 aromatic heterocycles. The maximum atomic E-state index is 13.1. The van der Waals surface area contributed by atoms with Crippen LogP contribution in [0.2, 0.25) is 0 Å². The second kappa shape index (κ2) is 5.81. The molecule has 3 fully saturated rings. The van der Waals surface area contributed by atoms with E-state index in [9.17, 15) is 13.2 Å². The Hall–Kier alpha value is -0.460.